The van der Waals surface area contributed by atoms with Gasteiger partial charge in [-0.3, -0.25) is 4.79 Å². The number of benzene rings is 2. The van der Waals surface area contributed by atoms with E-state index in [2.05, 4.69) is 10.3 Å². The molecule has 0 aliphatic rings. The average Bonchev–Trinajstić information content (AvgIpc) is 3.19. The number of carbonyl (C=O) groups is 1. The SMILES string of the molecule is CCC(C)(NC(=O)c1ccccc1)c1nc(-c2ccc(S(N)(=O)=O)cc2)cs1. The van der Waals surface area contributed by atoms with E-state index in [1.807, 2.05) is 37.4 Å². The smallest absolute Gasteiger partial charge is 0.252 e. The first-order valence-electron chi connectivity index (χ1n) is 8.70. The van der Waals surface area contributed by atoms with Crippen molar-refractivity contribution in [3.05, 3.63) is 70.5 Å². The summed E-state index contributed by atoms with van der Waals surface area (Å²) in [6.45, 7) is 3.94. The summed E-state index contributed by atoms with van der Waals surface area (Å²) in [6.07, 6.45) is 0.670. The van der Waals surface area contributed by atoms with Crippen LogP contribution in [0.2, 0.25) is 0 Å². The molecule has 28 heavy (non-hydrogen) atoms. The number of aromatic nitrogens is 1. The van der Waals surface area contributed by atoms with Crippen molar-refractivity contribution < 1.29 is 13.2 Å². The first-order chi connectivity index (χ1) is 13.2. The molecule has 3 aromatic rings. The molecule has 8 heteroatoms. The minimum atomic E-state index is -3.73. The first kappa shape index (κ1) is 20.2. The Bertz CT molecular complexity index is 1080. The quantitative estimate of drug-likeness (QED) is 0.643. The number of hydrogen-bond acceptors (Lipinski definition) is 5. The van der Waals surface area contributed by atoms with Crippen molar-refractivity contribution in [1.82, 2.24) is 10.3 Å². The van der Waals surface area contributed by atoms with Gasteiger partial charge in [-0.15, -0.1) is 11.3 Å². The van der Waals surface area contributed by atoms with Gasteiger partial charge in [0.25, 0.3) is 5.91 Å². The van der Waals surface area contributed by atoms with Crippen LogP contribution in [0.1, 0.15) is 35.6 Å². The van der Waals surface area contributed by atoms with Gasteiger partial charge in [-0.2, -0.15) is 0 Å². The molecule has 146 valence electrons. The molecule has 3 N–H and O–H groups in total. The molecule has 1 unspecified atom stereocenters. The second kappa shape index (κ2) is 7.83. The van der Waals surface area contributed by atoms with E-state index in [0.29, 0.717) is 12.0 Å². The Morgan fingerprint density at radius 3 is 2.36 bits per heavy atom. The normalized spacial score (nSPS) is 13.7. The van der Waals surface area contributed by atoms with Gasteiger partial charge in [0.2, 0.25) is 10.0 Å². The van der Waals surface area contributed by atoms with E-state index in [0.717, 1.165) is 16.3 Å². The molecule has 0 spiro atoms. The monoisotopic (exact) mass is 415 g/mol. The van der Waals surface area contributed by atoms with Gasteiger partial charge >= 0.3 is 0 Å². The predicted molar refractivity (Wildman–Crippen MR) is 110 cm³/mol. The van der Waals surface area contributed by atoms with Crippen molar-refractivity contribution in [2.75, 3.05) is 0 Å². The van der Waals surface area contributed by atoms with E-state index in [-0.39, 0.29) is 10.8 Å². The lowest BCUT2D eigenvalue weighted by Gasteiger charge is -2.27. The number of amides is 1. The van der Waals surface area contributed by atoms with Gasteiger partial charge in [-0.1, -0.05) is 37.3 Å². The van der Waals surface area contributed by atoms with Crippen molar-refractivity contribution >= 4 is 27.3 Å². The van der Waals surface area contributed by atoms with E-state index in [1.54, 1.807) is 24.3 Å². The summed E-state index contributed by atoms with van der Waals surface area (Å²) in [6, 6.07) is 15.3. The summed E-state index contributed by atoms with van der Waals surface area (Å²) in [5.41, 5.74) is 1.48. The Morgan fingerprint density at radius 2 is 1.79 bits per heavy atom. The van der Waals surface area contributed by atoms with Crippen molar-refractivity contribution in [2.45, 2.75) is 30.7 Å². The van der Waals surface area contributed by atoms with Crippen LogP contribution in [-0.2, 0) is 15.6 Å². The van der Waals surface area contributed by atoms with Gasteiger partial charge in [-0.05, 0) is 37.6 Å². The molecule has 1 aromatic heterocycles. The lowest BCUT2D eigenvalue weighted by Crippen LogP contribution is -2.43. The number of nitrogens with zero attached hydrogens (tertiary/aromatic N) is 1. The number of carbonyl (C=O) groups excluding carboxylic acids is 1. The van der Waals surface area contributed by atoms with Crippen LogP contribution >= 0.6 is 11.3 Å². The van der Waals surface area contributed by atoms with Crippen LogP contribution in [0.4, 0.5) is 0 Å². The number of nitrogens with one attached hydrogen (secondary N) is 1. The summed E-state index contributed by atoms with van der Waals surface area (Å²) in [5, 5.41) is 10.9. The number of nitrogens with two attached hydrogens (primary N) is 1. The number of primary sulfonamides is 1. The van der Waals surface area contributed by atoms with E-state index < -0.39 is 15.6 Å². The molecule has 1 heterocycles. The van der Waals surface area contributed by atoms with Gasteiger partial charge in [-0.25, -0.2) is 18.5 Å². The predicted octanol–water partition coefficient (Wildman–Crippen LogP) is 3.51. The molecule has 1 amide bonds. The minimum absolute atomic E-state index is 0.0558. The topological polar surface area (TPSA) is 102 Å². The minimum Gasteiger partial charge on any atom is -0.340 e. The first-order valence-corrected chi connectivity index (χ1v) is 11.1. The standard InChI is InChI=1S/C20H21N3O3S2/c1-3-20(2,23-18(24)15-7-5-4-6-8-15)19-22-17(13-27-19)14-9-11-16(12-10-14)28(21,25)26/h4-13H,3H2,1-2H3,(H,23,24)(H2,21,25,26). The van der Waals surface area contributed by atoms with Crippen LogP contribution in [0.5, 0.6) is 0 Å². The van der Waals surface area contributed by atoms with Gasteiger partial charge < -0.3 is 5.32 Å². The molecule has 0 saturated carbocycles. The Kier molecular flexibility index (Phi) is 5.64. The highest BCUT2D eigenvalue weighted by molar-refractivity contribution is 7.89. The Hall–Kier alpha value is -2.55. The van der Waals surface area contributed by atoms with Crippen LogP contribution < -0.4 is 10.5 Å². The fourth-order valence-electron chi connectivity index (χ4n) is 2.68. The van der Waals surface area contributed by atoms with Crippen molar-refractivity contribution in [1.29, 1.82) is 0 Å². The molecule has 3 rings (SSSR count). The largest absolute Gasteiger partial charge is 0.340 e. The van der Waals surface area contributed by atoms with Crippen LogP contribution in [0, 0.1) is 0 Å². The zero-order valence-electron chi connectivity index (χ0n) is 15.5. The number of rotatable bonds is 6. The number of hydrogen-bond donors (Lipinski definition) is 2. The van der Waals surface area contributed by atoms with Crippen molar-refractivity contribution in [3.8, 4) is 11.3 Å². The van der Waals surface area contributed by atoms with Crippen LogP contribution in [-0.4, -0.2) is 19.3 Å². The number of sulfonamides is 1. The van der Waals surface area contributed by atoms with Crippen molar-refractivity contribution in [3.63, 3.8) is 0 Å². The number of thiazole rings is 1. The van der Waals surface area contributed by atoms with Crippen LogP contribution in [0.25, 0.3) is 11.3 Å². The molecule has 2 aromatic carbocycles. The van der Waals surface area contributed by atoms with E-state index in [9.17, 15) is 13.2 Å². The third kappa shape index (κ3) is 4.30. The van der Waals surface area contributed by atoms with E-state index in [4.69, 9.17) is 5.14 Å². The third-order valence-corrected chi connectivity index (χ3v) is 6.62. The second-order valence-corrected chi connectivity index (χ2v) is 9.03. The summed E-state index contributed by atoms with van der Waals surface area (Å²) in [4.78, 5) is 17.3. The lowest BCUT2D eigenvalue weighted by atomic mass is 9.99. The molecular weight excluding hydrogens is 394 g/mol. The fraction of sp³-hybridized carbons (Fsp3) is 0.200. The zero-order valence-corrected chi connectivity index (χ0v) is 17.2. The molecular formula is C20H21N3O3S2. The second-order valence-electron chi connectivity index (χ2n) is 6.61. The molecule has 0 aliphatic carbocycles. The summed E-state index contributed by atoms with van der Waals surface area (Å²) in [5.74, 6) is -0.154. The third-order valence-electron chi connectivity index (χ3n) is 4.59. The molecule has 0 aliphatic heterocycles. The maximum absolute atomic E-state index is 12.6. The van der Waals surface area contributed by atoms with E-state index >= 15 is 0 Å². The molecule has 6 nitrogen and oxygen atoms in total. The lowest BCUT2D eigenvalue weighted by molar-refractivity contribution is 0.0902. The van der Waals surface area contributed by atoms with Crippen LogP contribution in [0.15, 0.2) is 64.9 Å². The highest BCUT2D eigenvalue weighted by Crippen LogP contribution is 2.31. The summed E-state index contributed by atoms with van der Waals surface area (Å²) >= 11 is 1.45. The molecule has 0 bridgehead atoms. The maximum atomic E-state index is 12.6. The summed E-state index contributed by atoms with van der Waals surface area (Å²) < 4.78 is 22.8. The molecule has 0 saturated heterocycles. The highest BCUT2D eigenvalue weighted by Gasteiger charge is 2.30. The zero-order chi connectivity index (χ0) is 20.4. The van der Waals surface area contributed by atoms with E-state index in [1.165, 1.54) is 23.5 Å². The van der Waals surface area contributed by atoms with Gasteiger partial charge in [0.05, 0.1) is 16.1 Å². The molecule has 1 atom stereocenters. The summed E-state index contributed by atoms with van der Waals surface area (Å²) in [7, 11) is -3.73. The van der Waals surface area contributed by atoms with Crippen molar-refractivity contribution in [2.24, 2.45) is 5.14 Å². The van der Waals surface area contributed by atoms with Crippen LogP contribution in [0.3, 0.4) is 0 Å². The molecule has 0 fully saturated rings. The molecule has 0 radical (unpaired) electrons. The fourth-order valence-corrected chi connectivity index (χ4v) is 4.21. The van der Waals surface area contributed by atoms with Gasteiger partial charge in [0.1, 0.15) is 5.01 Å². The van der Waals surface area contributed by atoms with Gasteiger partial charge in [0, 0.05) is 16.5 Å². The Labute approximate surface area is 168 Å². The highest BCUT2D eigenvalue weighted by atomic mass is 32.2. The maximum Gasteiger partial charge on any atom is 0.252 e. The Balaban J connectivity index is 1.85. The average molecular weight is 416 g/mol. The Morgan fingerprint density at radius 1 is 1.14 bits per heavy atom. The van der Waals surface area contributed by atoms with Gasteiger partial charge in [0.15, 0.2) is 0 Å².